The third-order valence-corrected chi connectivity index (χ3v) is 6.15. The Morgan fingerprint density at radius 2 is 1.47 bits per heavy atom. The number of carbonyl (C=O) groups is 3. The molecule has 8 heteroatoms. The van der Waals surface area contributed by atoms with Crippen LogP contribution in [0.25, 0.3) is 11.1 Å². The zero-order valence-corrected chi connectivity index (χ0v) is 19.6. The highest BCUT2D eigenvalue weighted by atomic mass is 16.6. The molecule has 1 saturated heterocycles. The first-order chi connectivity index (χ1) is 17.5. The molecule has 3 aromatic carbocycles. The summed E-state index contributed by atoms with van der Waals surface area (Å²) >= 11 is 0. The number of epoxide rings is 1. The molecule has 4 N–H and O–H groups in total. The van der Waals surface area contributed by atoms with Crippen LogP contribution >= 0.6 is 0 Å². The Balaban J connectivity index is 1.47. The maximum Gasteiger partial charge on any atom is 0.252 e. The van der Waals surface area contributed by atoms with E-state index in [0.717, 1.165) is 16.7 Å². The summed E-state index contributed by atoms with van der Waals surface area (Å²) in [6.07, 6.45) is 0.168. The average molecular weight is 489 g/mol. The number of benzene rings is 3. The van der Waals surface area contributed by atoms with Crippen molar-refractivity contribution in [3.8, 4) is 11.1 Å². The van der Waals surface area contributed by atoms with E-state index in [2.05, 4.69) is 10.6 Å². The van der Waals surface area contributed by atoms with Crippen LogP contribution in [-0.4, -0.2) is 65.3 Å². The lowest BCUT2D eigenvalue weighted by molar-refractivity contribution is -0.132. The molecule has 0 aliphatic carbocycles. The largest absolute Gasteiger partial charge is 0.394 e. The number of Topliss-reactive ketones (excluding diaryl/α,β-unsaturated/α-hetero) is 1. The van der Waals surface area contributed by atoms with Gasteiger partial charge in [0.05, 0.1) is 25.9 Å². The fraction of sp³-hybridized carbons (Fsp3) is 0.250. The molecule has 1 aliphatic rings. The van der Waals surface area contributed by atoms with E-state index in [4.69, 9.17) is 4.74 Å². The van der Waals surface area contributed by atoms with E-state index in [0.29, 0.717) is 5.56 Å². The summed E-state index contributed by atoms with van der Waals surface area (Å²) in [4.78, 5) is 39.0. The van der Waals surface area contributed by atoms with Gasteiger partial charge in [0.2, 0.25) is 5.91 Å². The number of hydrogen-bond donors (Lipinski definition) is 4. The van der Waals surface area contributed by atoms with Crippen molar-refractivity contribution in [2.75, 3.05) is 19.8 Å². The van der Waals surface area contributed by atoms with Crippen LogP contribution in [0.4, 0.5) is 0 Å². The Labute approximate surface area is 208 Å². The molecule has 1 fully saturated rings. The predicted octanol–water partition coefficient (Wildman–Crippen LogP) is 1.50. The van der Waals surface area contributed by atoms with Crippen LogP contribution < -0.4 is 10.6 Å². The molecular weight excluding hydrogens is 460 g/mol. The van der Waals surface area contributed by atoms with Crippen molar-refractivity contribution in [3.05, 3.63) is 96.1 Å². The topological polar surface area (TPSA) is 128 Å². The van der Waals surface area contributed by atoms with Gasteiger partial charge in [0.1, 0.15) is 6.04 Å². The maximum atomic E-state index is 13.1. The van der Waals surface area contributed by atoms with E-state index < -0.39 is 48.5 Å². The number of aliphatic hydroxyl groups is 2. The van der Waals surface area contributed by atoms with Crippen molar-refractivity contribution in [1.82, 2.24) is 10.6 Å². The minimum absolute atomic E-state index is 0.0708. The molecule has 1 heterocycles. The van der Waals surface area contributed by atoms with Gasteiger partial charge in [0.25, 0.3) is 5.91 Å². The lowest BCUT2D eigenvalue weighted by Crippen LogP contribution is -2.56. The van der Waals surface area contributed by atoms with Crippen molar-refractivity contribution in [1.29, 1.82) is 0 Å². The summed E-state index contributed by atoms with van der Waals surface area (Å²) < 4.78 is 5.19. The summed E-state index contributed by atoms with van der Waals surface area (Å²) in [5.74, 6) is -1.71. The van der Waals surface area contributed by atoms with E-state index in [1.54, 1.807) is 18.2 Å². The molecular formula is C28H28N2O6. The molecule has 0 saturated carbocycles. The van der Waals surface area contributed by atoms with Crippen LogP contribution in [-0.2, 0) is 20.7 Å². The minimum Gasteiger partial charge on any atom is -0.394 e. The lowest BCUT2D eigenvalue weighted by Gasteiger charge is -2.23. The first-order valence-electron chi connectivity index (χ1n) is 11.7. The molecule has 36 heavy (non-hydrogen) atoms. The van der Waals surface area contributed by atoms with Crippen LogP contribution in [0.5, 0.6) is 0 Å². The standard InChI is InChI=1S/C28H28N2O6/c31-16-24(30-26(34)22-13-7-12-21(15-22)20-10-5-2-6-11-20)27(35)29-23(14-19-8-3-1-4-9-19)25(33)28(17-32)18-36-28/h1-13,15,23-24,31-32H,14,16-18H2,(H,29,35)(H,30,34)/t23-,24-,28+/m0/s1. The number of ketones is 1. The first-order valence-corrected chi connectivity index (χ1v) is 11.7. The van der Waals surface area contributed by atoms with Crippen molar-refractivity contribution >= 4 is 17.6 Å². The number of carbonyl (C=O) groups excluding carboxylic acids is 3. The Morgan fingerprint density at radius 1 is 0.833 bits per heavy atom. The average Bonchev–Trinajstić information content (AvgIpc) is 3.73. The number of nitrogens with one attached hydrogen (secondary N) is 2. The van der Waals surface area contributed by atoms with Gasteiger partial charge < -0.3 is 25.6 Å². The lowest BCUT2D eigenvalue weighted by atomic mass is 9.94. The third-order valence-electron chi connectivity index (χ3n) is 6.15. The Morgan fingerprint density at radius 3 is 2.08 bits per heavy atom. The summed E-state index contributed by atoms with van der Waals surface area (Å²) in [5, 5.41) is 24.7. The van der Waals surface area contributed by atoms with Gasteiger partial charge in [-0.05, 0) is 35.2 Å². The fourth-order valence-electron chi connectivity index (χ4n) is 3.95. The summed E-state index contributed by atoms with van der Waals surface area (Å²) in [5.41, 5.74) is 1.56. The first kappa shape index (κ1) is 25.2. The second kappa shape index (κ2) is 11.3. The van der Waals surface area contributed by atoms with E-state index in [1.165, 1.54) is 0 Å². The molecule has 2 amide bonds. The highest BCUT2D eigenvalue weighted by molar-refractivity contribution is 6.01. The molecule has 186 valence electrons. The quantitative estimate of drug-likeness (QED) is 0.303. The van der Waals surface area contributed by atoms with Gasteiger partial charge in [-0.2, -0.15) is 0 Å². The molecule has 0 aromatic heterocycles. The molecule has 3 atom stereocenters. The number of amides is 2. The van der Waals surface area contributed by atoms with Gasteiger partial charge in [0, 0.05) is 5.56 Å². The Kier molecular flexibility index (Phi) is 7.90. The summed E-state index contributed by atoms with van der Waals surface area (Å²) in [6, 6.07) is 23.3. The molecule has 1 aliphatic heterocycles. The van der Waals surface area contributed by atoms with E-state index in [9.17, 15) is 24.6 Å². The van der Waals surface area contributed by atoms with Crippen molar-refractivity contribution in [3.63, 3.8) is 0 Å². The fourth-order valence-corrected chi connectivity index (χ4v) is 3.95. The summed E-state index contributed by atoms with van der Waals surface area (Å²) in [7, 11) is 0. The smallest absolute Gasteiger partial charge is 0.252 e. The molecule has 0 unspecified atom stereocenters. The second-order valence-corrected chi connectivity index (χ2v) is 8.71. The molecule has 0 bridgehead atoms. The van der Waals surface area contributed by atoms with Crippen molar-refractivity contribution < 1.29 is 29.3 Å². The van der Waals surface area contributed by atoms with Crippen molar-refractivity contribution in [2.24, 2.45) is 0 Å². The van der Waals surface area contributed by atoms with Gasteiger partial charge in [0.15, 0.2) is 11.4 Å². The number of rotatable bonds is 11. The highest BCUT2D eigenvalue weighted by Crippen LogP contribution is 2.29. The molecule has 8 nitrogen and oxygen atoms in total. The van der Waals surface area contributed by atoms with Crippen molar-refractivity contribution in [2.45, 2.75) is 24.1 Å². The molecule has 0 radical (unpaired) electrons. The van der Waals surface area contributed by atoms with Crippen LogP contribution in [0, 0.1) is 0 Å². The number of ether oxygens (including phenoxy) is 1. The normalized spacial score (nSPS) is 18.1. The van der Waals surface area contributed by atoms with Gasteiger partial charge >= 0.3 is 0 Å². The Hall–Kier alpha value is -3.85. The van der Waals surface area contributed by atoms with Gasteiger partial charge in [-0.3, -0.25) is 14.4 Å². The Bertz CT molecular complexity index is 1210. The van der Waals surface area contributed by atoms with Crippen LogP contribution in [0.2, 0.25) is 0 Å². The number of aliphatic hydroxyl groups excluding tert-OH is 2. The molecule has 0 spiro atoms. The zero-order chi connectivity index (χ0) is 25.5. The summed E-state index contributed by atoms with van der Waals surface area (Å²) in [6.45, 7) is -1.09. The predicted molar refractivity (Wildman–Crippen MR) is 133 cm³/mol. The van der Waals surface area contributed by atoms with Crippen LogP contribution in [0.1, 0.15) is 15.9 Å². The maximum absolute atomic E-state index is 13.1. The van der Waals surface area contributed by atoms with E-state index in [-0.39, 0.29) is 13.0 Å². The molecule has 4 rings (SSSR count). The van der Waals surface area contributed by atoms with Gasteiger partial charge in [-0.15, -0.1) is 0 Å². The van der Waals surface area contributed by atoms with Gasteiger partial charge in [-0.1, -0.05) is 72.8 Å². The SMILES string of the molecule is O=C(N[C@@H](CO)C(=O)N[C@@H](Cc1ccccc1)C(=O)[C@@]1(CO)CO1)c1cccc(-c2ccccc2)c1. The number of hydrogen-bond acceptors (Lipinski definition) is 6. The van der Waals surface area contributed by atoms with Crippen LogP contribution in [0.3, 0.4) is 0 Å². The van der Waals surface area contributed by atoms with E-state index in [1.807, 2.05) is 66.7 Å². The molecule has 3 aromatic rings. The second-order valence-electron chi connectivity index (χ2n) is 8.71. The monoisotopic (exact) mass is 488 g/mol. The zero-order valence-electron chi connectivity index (χ0n) is 19.6. The minimum atomic E-state index is -1.33. The van der Waals surface area contributed by atoms with Crippen LogP contribution in [0.15, 0.2) is 84.9 Å². The van der Waals surface area contributed by atoms with Gasteiger partial charge in [-0.25, -0.2) is 0 Å². The third kappa shape index (κ3) is 5.85. The van der Waals surface area contributed by atoms with E-state index >= 15 is 0 Å². The highest BCUT2D eigenvalue weighted by Gasteiger charge is 2.54.